The molecule has 0 radical (unpaired) electrons. The van der Waals surface area contributed by atoms with Gasteiger partial charge in [-0.2, -0.15) is 0 Å². The fraction of sp³-hybridized carbons (Fsp3) is 0.429. The van der Waals surface area contributed by atoms with Gasteiger partial charge >= 0.3 is 0 Å². The van der Waals surface area contributed by atoms with Crippen LogP contribution in [0.15, 0.2) is 48.5 Å². The van der Waals surface area contributed by atoms with Crippen LogP contribution in [0.2, 0.25) is 10.0 Å². The molecule has 2 aromatic rings. The molecule has 1 aliphatic heterocycles. The van der Waals surface area contributed by atoms with Gasteiger partial charge in [-0.1, -0.05) is 47.5 Å². The Labute approximate surface area is 171 Å². The van der Waals surface area contributed by atoms with Gasteiger partial charge in [0.25, 0.3) is 0 Å². The van der Waals surface area contributed by atoms with Crippen LogP contribution in [0, 0.1) is 0 Å². The number of halogens is 2. The average molecular weight is 409 g/mol. The number of nitrogens with zero attached hydrogens (tertiary/aromatic N) is 1. The Bertz CT molecular complexity index is 707. The molecule has 2 N–H and O–H groups in total. The summed E-state index contributed by atoms with van der Waals surface area (Å²) in [4.78, 5) is 2.42. The van der Waals surface area contributed by atoms with Crippen LogP contribution in [-0.4, -0.2) is 48.4 Å². The maximum atomic E-state index is 10.1. The minimum atomic E-state index is -0.514. The summed E-state index contributed by atoms with van der Waals surface area (Å²) in [5, 5.41) is 14.8. The minimum Gasteiger partial charge on any atom is -0.491 e. The van der Waals surface area contributed by atoms with Crippen LogP contribution in [0.5, 0.6) is 5.75 Å². The summed E-state index contributed by atoms with van der Waals surface area (Å²) in [5.74, 6) is 0.784. The normalized spacial score (nSPS) is 17.0. The predicted octanol–water partition coefficient (Wildman–Crippen LogP) is 3.99. The topological polar surface area (TPSA) is 44.7 Å². The molecule has 3 rings (SSSR count). The molecule has 1 saturated heterocycles. The number of aliphatic hydroxyl groups is 1. The first-order valence-electron chi connectivity index (χ1n) is 9.36. The van der Waals surface area contributed by atoms with E-state index in [9.17, 15) is 5.11 Å². The molecule has 0 saturated carbocycles. The number of piperidine rings is 1. The number of ether oxygens (including phenoxy) is 1. The van der Waals surface area contributed by atoms with Crippen LogP contribution in [0.4, 0.5) is 0 Å². The number of benzene rings is 2. The van der Waals surface area contributed by atoms with E-state index in [1.165, 1.54) is 5.56 Å². The van der Waals surface area contributed by atoms with Crippen molar-refractivity contribution < 1.29 is 9.84 Å². The van der Waals surface area contributed by atoms with Crippen molar-refractivity contribution in [3.05, 3.63) is 64.1 Å². The third-order valence-corrected chi connectivity index (χ3v) is 5.54. The fourth-order valence-corrected chi connectivity index (χ4v) is 3.58. The van der Waals surface area contributed by atoms with Crippen LogP contribution in [-0.2, 0) is 6.54 Å². The summed E-state index contributed by atoms with van der Waals surface area (Å²) in [6, 6.07) is 15.8. The zero-order valence-corrected chi connectivity index (χ0v) is 16.8. The molecular weight excluding hydrogens is 383 g/mol. The van der Waals surface area contributed by atoms with Crippen LogP contribution >= 0.6 is 23.2 Å². The van der Waals surface area contributed by atoms with Gasteiger partial charge in [0.1, 0.15) is 18.5 Å². The van der Waals surface area contributed by atoms with Crippen molar-refractivity contribution >= 4 is 23.2 Å². The van der Waals surface area contributed by atoms with Crippen LogP contribution in [0.3, 0.4) is 0 Å². The first kappa shape index (κ1) is 20.4. The molecule has 0 bridgehead atoms. The van der Waals surface area contributed by atoms with Crippen molar-refractivity contribution in [2.45, 2.75) is 31.5 Å². The highest BCUT2D eigenvalue weighted by atomic mass is 35.5. The molecule has 0 aliphatic carbocycles. The smallest absolute Gasteiger partial charge is 0.119 e. The quantitative estimate of drug-likeness (QED) is 0.692. The molecule has 6 heteroatoms. The van der Waals surface area contributed by atoms with Gasteiger partial charge in [-0.05, 0) is 55.8 Å². The standard InChI is InChI=1S/C21H26Cl2N2O2/c22-20-7-6-16(12-21(20)23)14-25-10-8-17(9-11-25)24-13-18(26)15-27-19-4-2-1-3-5-19/h1-7,12,17-18,24,26H,8-11,13-15H2. The lowest BCUT2D eigenvalue weighted by Crippen LogP contribution is -2.45. The molecule has 27 heavy (non-hydrogen) atoms. The van der Waals surface area contributed by atoms with Crippen molar-refractivity contribution in [3.8, 4) is 5.75 Å². The SMILES string of the molecule is OC(CNC1CCN(Cc2ccc(Cl)c(Cl)c2)CC1)COc1ccccc1. The van der Waals surface area contributed by atoms with Crippen molar-refractivity contribution in [3.63, 3.8) is 0 Å². The minimum absolute atomic E-state index is 0.299. The van der Waals surface area contributed by atoms with E-state index < -0.39 is 6.10 Å². The molecule has 1 heterocycles. The molecule has 0 spiro atoms. The number of para-hydroxylation sites is 1. The van der Waals surface area contributed by atoms with Crippen LogP contribution < -0.4 is 10.1 Å². The van der Waals surface area contributed by atoms with E-state index in [0.29, 0.717) is 29.2 Å². The Morgan fingerprint density at radius 3 is 2.52 bits per heavy atom. The number of nitrogens with one attached hydrogen (secondary N) is 1. The molecule has 1 unspecified atom stereocenters. The maximum absolute atomic E-state index is 10.1. The van der Waals surface area contributed by atoms with Gasteiger partial charge in [-0.3, -0.25) is 4.90 Å². The summed E-state index contributed by atoms with van der Waals surface area (Å²) in [6.45, 7) is 3.78. The van der Waals surface area contributed by atoms with Crippen LogP contribution in [0.25, 0.3) is 0 Å². The number of aliphatic hydroxyl groups excluding tert-OH is 1. The number of rotatable bonds is 8. The van der Waals surface area contributed by atoms with E-state index in [4.69, 9.17) is 27.9 Å². The van der Waals surface area contributed by atoms with Gasteiger partial charge in [-0.15, -0.1) is 0 Å². The van der Waals surface area contributed by atoms with Crippen molar-refractivity contribution in [1.82, 2.24) is 10.2 Å². The highest BCUT2D eigenvalue weighted by Crippen LogP contribution is 2.24. The Hall–Kier alpha value is -1.30. The first-order chi connectivity index (χ1) is 13.1. The highest BCUT2D eigenvalue weighted by Gasteiger charge is 2.20. The molecule has 146 valence electrons. The van der Waals surface area contributed by atoms with E-state index in [1.807, 2.05) is 48.5 Å². The third kappa shape index (κ3) is 6.66. The lowest BCUT2D eigenvalue weighted by molar-refractivity contribution is 0.0979. The Morgan fingerprint density at radius 1 is 1.07 bits per heavy atom. The Morgan fingerprint density at radius 2 is 1.81 bits per heavy atom. The number of likely N-dealkylation sites (tertiary alicyclic amines) is 1. The molecule has 1 aliphatic rings. The van der Waals surface area contributed by atoms with Gasteiger partial charge in [-0.25, -0.2) is 0 Å². The summed E-state index contributed by atoms with van der Waals surface area (Å²) in [7, 11) is 0. The second-order valence-electron chi connectivity index (χ2n) is 6.99. The number of hydrogen-bond donors (Lipinski definition) is 2. The van der Waals surface area contributed by atoms with Gasteiger partial charge in [0, 0.05) is 19.1 Å². The summed E-state index contributed by atoms with van der Waals surface area (Å²) in [5.41, 5.74) is 1.18. The highest BCUT2D eigenvalue weighted by molar-refractivity contribution is 6.42. The molecule has 2 aromatic carbocycles. The van der Waals surface area contributed by atoms with E-state index >= 15 is 0 Å². The Balaban J connectivity index is 1.33. The third-order valence-electron chi connectivity index (χ3n) is 4.81. The van der Waals surface area contributed by atoms with Crippen molar-refractivity contribution in [2.24, 2.45) is 0 Å². The Kier molecular flexibility index (Phi) is 7.80. The second kappa shape index (κ2) is 10.3. The van der Waals surface area contributed by atoms with E-state index in [2.05, 4.69) is 10.2 Å². The number of hydrogen-bond acceptors (Lipinski definition) is 4. The fourth-order valence-electron chi connectivity index (χ4n) is 3.26. The largest absolute Gasteiger partial charge is 0.491 e. The maximum Gasteiger partial charge on any atom is 0.119 e. The van der Waals surface area contributed by atoms with Gasteiger partial charge in [0.15, 0.2) is 0 Å². The second-order valence-corrected chi connectivity index (χ2v) is 7.80. The lowest BCUT2D eigenvalue weighted by atomic mass is 10.0. The van der Waals surface area contributed by atoms with Gasteiger partial charge < -0.3 is 15.2 Å². The van der Waals surface area contributed by atoms with Crippen molar-refractivity contribution in [2.75, 3.05) is 26.2 Å². The summed E-state index contributed by atoms with van der Waals surface area (Å²) < 4.78 is 5.59. The summed E-state index contributed by atoms with van der Waals surface area (Å²) in [6.07, 6.45) is 1.61. The zero-order chi connectivity index (χ0) is 19.1. The van der Waals surface area contributed by atoms with E-state index in [1.54, 1.807) is 0 Å². The zero-order valence-electron chi connectivity index (χ0n) is 15.3. The molecule has 4 nitrogen and oxygen atoms in total. The van der Waals surface area contributed by atoms with Gasteiger partial charge in [0.05, 0.1) is 10.0 Å². The molecule has 1 fully saturated rings. The van der Waals surface area contributed by atoms with Gasteiger partial charge in [0.2, 0.25) is 0 Å². The molecular formula is C21H26Cl2N2O2. The molecule has 0 aromatic heterocycles. The van der Waals surface area contributed by atoms with E-state index in [0.717, 1.165) is 38.2 Å². The molecule has 0 amide bonds. The average Bonchev–Trinajstić information content (AvgIpc) is 2.69. The van der Waals surface area contributed by atoms with Crippen LogP contribution in [0.1, 0.15) is 18.4 Å². The monoisotopic (exact) mass is 408 g/mol. The summed E-state index contributed by atoms with van der Waals surface area (Å²) >= 11 is 12.1. The lowest BCUT2D eigenvalue weighted by Gasteiger charge is -2.33. The first-order valence-corrected chi connectivity index (χ1v) is 10.1. The predicted molar refractivity (Wildman–Crippen MR) is 111 cm³/mol. The molecule has 1 atom stereocenters. The van der Waals surface area contributed by atoms with Crippen molar-refractivity contribution in [1.29, 1.82) is 0 Å². The van der Waals surface area contributed by atoms with E-state index in [-0.39, 0.29) is 0 Å².